The van der Waals surface area contributed by atoms with Gasteiger partial charge in [0.05, 0.1) is 13.0 Å². The van der Waals surface area contributed by atoms with Crippen LogP contribution >= 0.6 is 11.8 Å². The molecule has 0 aliphatic rings. The zero-order chi connectivity index (χ0) is 8.69. The van der Waals surface area contributed by atoms with Crippen molar-refractivity contribution in [2.75, 3.05) is 32.2 Å². The number of aliphatic hydroxyl groups excluding tert-OH is 1. The lowest BCUT2D eigenvalue weighted by Gasteiger charge is -2.08. The monoisotopic (exact) mass is 176 g/mol. The van der Waals surface area contributed by atoms with E-state index in [1.807, 2.05) is 0 Å². The summed E-state index contributed by atoms with van der Waals surface area (Å²) < 4.78 is 0. The van der Waals surface area contributed by atoms with Crippen LogP contribution in [0.15, 0.2) is 0 Å². The van der Waals surface area contributed by atoms with E-state index in [1.54, 1.807) is 32.3 Å². The summed E-state index contributed by atoms with van der Waals surface area (Å²) >= 11 is 1.55. The minimum atomic E-state index is 0.0236. The standard InChI is InChI=1S/C7H14NO2S/c1-8(2)7(10)3-5-11-6-4-9/h3,9H,4-6H2,1-2H3. The first-order valence-electron chi connectivity index (χ1n) is 3.41. The maximum atomic E-state index is 10.9. The molecule has 0 spiro atoms. The number of amides is 1. The molecule has 1 N–H and O–H groups in total. The average Bonchev–Trinajstić information content (AvgIpc) is 1.97. The molecular weight excluding hydrogens is 162 g/mol. The van der Waals surface area contributed by atoms with E-state index in [0.717, 1.165) is 0 Å². The first-order valence-corrected chi connectivity index (χ1v) is 4.57. The molecule has 0 aromatic heterocycles. The van der Waals surface area contributed by atoms with E-state index in [4.69, 9.17) is 5.11 Å². The zero-order valence-electron chi connectivity index (χ0n) is 6.91. The first kappa shape index (κ1) is 10.8. The largest absolute Gasteiger partial charge is 0.396 e. The Morgan fingerprint density at radius 3 is 2.73 bits per heavy atom. The van der Waals surface area contributed by atoms with E-state index < -0.39 is 0 Å². The maximum Gasteiger partial charge on any atom is 0.226 e. The quantitative estimate of drug-likeness (QED) is 0.600. The molecule has 0 saturated carbocycles. The van der Waals surface area contributed by atoms with Crippen molar-refractivity contribution in [3.05, 3.63) is 6.42 Å². The van der Waals surface area contributed by atoms with E-state index >= 15 is 0 Å². The van der Waals surface area contributed by atoms with Crippen molar-refractivity contribution in [3.8, 4) is 0 Å². The van der Waals surface area contributed by atoms with Crippen LogP contribution in [0.4, 0.5) is 0 Å². The highest BCUT2D eigenvalue weighted by Gasteiger charge is 2.02. The molecule has 1 amide bonds. The van der Waals surface area contributed by atoms with Gasteiger partial charge in [-0.1, -0.05) is 0 Å². The number of nitrogens with zero attached hydrogens (tertiary/aromatic N) is 1. The number of carbonyl (C=O) groups is 1. The second-order valence-corrected chi connectivity index (χ2v) is 3.39. The lowest BCUT2D eigenvalue weighted by atomic mass is 10.4. The van der Waals surface area contributed by atoms with Gasteiger partial charge in [-0.2, -0.15) is 11.8 Å². The third kappa shape index (κ3) is 6.19. The van der Waals surface area contributed by atoms with Crippen LogP contribution in [0.25, 0.3) is 0 Å². The van der Waals surface area contributed by atoms with E-state index in [1.165, 1.54) is 4.90 Å². The summed E-state index contributed by atoms with van der Waals surface area (Å²) in [5.41, 5.74) is 0. The fourth-order valence-corrected chi connectivity index (χ4v) is 1.02. The molecule has 0 atom stereocenters. The minimum absolute atomic E-state index is 0.0236. The molecular formula is C7H14NO2S. The number of hydrogen-bond acceptors (Lipinski definition) is 3. The number of aliphatic hydroxyl groups is 1. The summed E-state index contributed by atoms with van der Waals surface area (Å²) in [4.78, 5) is 12.4. The SMILES string of the molecule is CN(C)C(=O)[CH]CSCCO. The Kier molecular flexibility index (Phi) is 6.36. The van der Waals surface area contributed by atoms with Crippen LogP contribution in [0.3, 0.4) is 0 Å². The number of rotatable bonds is 5. The predicted molar refractivity (Wildman–Crippen MR) is 47.4 cm³/mol. The number of carbonyl (C=O) groups excluding carboxylic acids is 1. The minimum Gasteiger partial charge on any atom is -0.396 e. The van der Waals surface area contributed by atoms with Crippen LogP contribution in [0, 0.1) is 6.42 Å². The van der Waals surface area contributed by atoms with Crippen molar-refractivity contribution < 1.29 is 9.90 Å². The molecule has 3 nitrogen and oxygen atoms in total. The van der Waals surface area contributed by atoms with Gasteiger partial charge in [0.2, 0.25) is 5.91 Å². The van der Waals surface area contributed by atoms with Crippen molar-refractivity contribution in [2.45, 2.75) is 0 Å². The van der Waals surface area contributed by atoms with Gasteiger partial charge in [-0.3, -0.25) is 4.79 Å². The maximum absolute atomic E-state index is 10.9. The van der Waals surface area contributed by atoms with Crippen LogP contribution in [-0.4, -0.2) is 48.1 Å². The second-order valence-electron chi connectivity index (χ2n) is 2.24. The Labute approximate surface area is 71.8 Å². The van der Waals surface area contributed by atoms with Crippen molar-refractivity contribution in [3.63, 3.8) is 0 Å². The molecule has 0 rings (SSSR count). The summed E-state index contributed by atoms with van der Waals surface area (Å²) in [6, 6.07) is 0. The Hall–Kier alpha value is -0.220. The second kappa shape index (κ2) is 6.49. The average molecular weight is 176 g/mol. The number of thioether (sulfide) groups is 1. The smallest absolute Gasteiger partial charge is 0.226 e. The molecule has 0 heterocycles. The fraction of sp³-hybridized carbons (Fsp3) is 0.714. The van der Waals surface area contributed by atoms with Gasteiger partial charge >= 0.3 is 0 Å². The molecule has 4 heteroatoms. The van der Waals surface area contributed by atoms with E-state index in [0.29, 0.717) is 11.5 Å². The van der Waals surface area contributed by atoms with E-state index in [-0.39, 0.29) is 12.5 Å². The van der Waals surface area contributed by atoms with Gasteiger partial charge in [0.25, 0.3) is 0 Å². The third-order valence-corrected chi connectivity index (χ3v) is 1.93. The van der Waals surface area contributed by atoms with Gasteiger partial charge < -0.3 is 10.0 Å². The molecule has 0 fully saturated rings. The Morgan fingerprint density at radius 2 is 2.27 bits per heavy atom. The van der Waals surface area contributed by atoms with Crippen molar-refractivity contribution >= 4 is 17.7 Å². The first-order chi connectivity index (χ1) is 5.18. The lowest BCUT2D eigenvalue weighted by Crippen LogP contribution is -2.22. The highest BCUT2D eigenvalue weighted by Crippen LogP contribution is 2.00. The van der Waals surface area contributed by atoms with Gasteiger partial charge in [-0.15, -0.1) is 0 Å². The summed E-state index contributed by atoms with van der Waals surface area (Å²) in [5.74, 6) is 1.39. The molecule has 0 bridgehead atoms. The molecule has 65 valence electrons. The topological polar surface area (TPSA) is 40.5 Å². The van der Waals surface area contributed by atoms with Crippen molar-refractivity contribution in [1.82, 2.24) is 4.90 Å². The third-order valence-electron chi connectivity index (χ3n) is 1.05. The normalized spacial score (nSPS) is 9.73. The van der Waals surface area contributed by atoms with Gasteiger partial charge in [0.15, 0.2) is 0 Å². The van der Waals surface area contributed by atoms with Gasteiger partial charge in [-0.05, 0) is 0 Å². The Morgan fingerprint density at radius 1 is 1.64 bits per heavy atom. The molecule has 0 aliphatic carbocycles. The Bertz CT molecular complexity index is 117. The molecule has 0 unspecified atom stereocenters. The van der Waals surface area contributed by atoms with Crippen molar-refractivity contribution in [1.29, 1.82) is 0 Å². The highest BCUT2D eigenvalue weighted by molar-refractivity contribution is 7.99. The van der Waals surface area contributed by atoms with Crippen LogP contribution in [-0.2, 0) is 4.79 Å². The summed E-state index contributed by atoms with van der Waals surface area (Å²) in [7, 11) is 3.44. The summed E-state index contributed by atoms with van der Waals surface area (Å²) in [6.07, 6.45) is 1.61. The molecule has 0 aliphatic heterocycles. The predicted octanol–water partition coefficient (Wildman–Crippen LogP) is 0.00439. The summed E-state index contributed by atoms with van der Waals surface area (Å²) in [6.45, 7) is 0.175. The van der Waals surface area contributed by atoms with Crippen LogP contribution in [0.2, 0.25) is 0 Å². The molecule has 11 heavy (non-hydrogen) atoms. The van der Waals surface area contributed by atoms with Gasteiger partial charge in [0.1, 0.15) is 0 Å². The van der Waals surface area contributed by atoms with E-state index in [9.17, 15) is 4.79 Å². The van der Waals surface area contributed by atoms with E-state index in [2.05, 4.69) is 0 Å². The van der Waals surface area contributed by atoms with Gasteiger partial charge in [0, 0.05) is 25.6 Å². The van der Waals surface area contributed by atoms with Gasteiger partial charge in [-0.25, -0.2) is 0 Å². The molecule has 0 saturated heterocycles. The number of hydrogen-bond donors (Lipinski definition) is 1. The highest BCUT2D eigenvalue weighted by atomic mass is 32.2. The molecule has 1 radical (unpaired) electrons. The van der Waals surface area contributed by atoms with Crippen molar-refractivity contribution in [2.24, 2.45) is 0 Å². The van der Waals surface area contributed by atoms with Crippen LogP contribution in [0.5, 0.6) is 0 Å². The fourth-order valence-electron chi connectivity index (χ4n) is 0.461. The Balaban J connectivity index is 3.18. The van der Waals surface area contributed by atoms with Crippen LogP contribution < -0.4 is 0 Å². The lowest BCUT2D eigenvalue weighted by molar-refractivity contribution is -0.124. The molecule has 0 aromatic rings. The zero-order valence-corrected chi connectivity index (χ0v) is 7.73. The molecule has 0 aromatic carbocycles. The summed E-state index contributed by atoms with van der Waals surface area (Å²) in [5, 5.41) is 8.41. The van der Waals surface area contributed by atoms with Crippen LogP contribution in [0.1, 0.15) is 0 Å².